The van der Waals surface area contributed by atoms with Crippen LogP contribution < -0.4 is 9.47 Å². The van der Waals surface area contributed by atoms with Crippen molar-refractivity contribution in [3.05, 3.63) is 34.2 Å². The Morgan fingerprint density at radius 2 is 1.89 bits per heavy atom. The fourth-order valence-electron chi connectivity index (χ4n) is 1.49. The van der Waals surface area contributed by atoms with Gasteiger partial charge in [0.2, 0.25) is 0 Å². The van der Waals surface area contributed by atoms with Gasteiger partial charge in [-0.25, -0.2) is 0 Å². The predicted octanol–water partition coefficient (Wildman–Crippen LogP) is 2.98. The van der Waals surface area contributed by atoms with E-state index >= 15 is 0 Å². The van der Waals surface area contributed by atoms with Crippen LogP contribution in [-0.4, -0.2) is 25.5 Å². The minimum atomic E-state index is -1.13. The predicted molar refractivity (Wildman–Crippen MR) is 67.1 cm³/mol. The van der Waals surface area contributed by atoms with Gasteiger partial charge in [-0.2, -0.15) is 0 Å². The second kappa shape index (κ2) is 5.42. The lowest BCUT2D eigenvalue weighted by Gasteiger charge is -2.17. The summed E-state index contributed by atoms with van der Waals surface area (Å²) in [5, 5.41) is 3.49. The molecule has 0 fully saturated rings. The SMILES string of the molecule is COc1ccc(C(=O)C(C)(C)N=[N+]=[N-])cc1OC. The standard InChI is InChI=1S/C12H15N3O3/c1-12(2,14-15-13)11(16)8-5-6-9(17-3)10(7-8)18-4/h5-7H,1-4H3. The third-order valence-electron chi connectivity index (χ3n) is 2.50. The number of rotatable bonds is 5. The average Bonchev–Trinajstić information content (AvgIpc) is 2.36. The zero-order valence-corrected chi connectivity index (χ0v) is 10.8. The first-order chi connectivity index (χ1) is 8.46. The van der Waals surface area contributed by atoms with E-state index in [4.69, 9.17) is 15.0 Å². The second-order valence-electron chi connectivity index (χ2n) is 4.15. The third kappa shape index (κ3) is 2.73. The van der Waals surface area contributed by atoms with E-state index in [1.807, 2.05) is 0 Å². The van der Waals surface area contributed by atoms with Crippen LogP contribution in [0.2, 0.25) is 0 Å². The molecule has 0 aromatic heterocycles. The van der Waals surface area contributed by atoms with Crippen molar-refractivity contribution < 1.29 is 14.3 Å². The second-order valence-corrected chi connectivity index (χ2v) is 4.15. The summed E-state index contributed by atoms with van der Waals surface area (Å²) in [6.45, 7) is 3.12. The van der Waals surface area contributed by atoms with Crippen LogP contribution in [0, 0.1) is 0 Å². The summed E-state index contributed by atoms with van der Waals surface area (Å²) in [7, 11) is 3.01. The molecule has 0 unspecified atom stereocenters. The van der Waals surface area contributed by atoms with Gasteiger partial charge < -0.3 is 9.47 Å². The van der Waals surface area contributed by atoms with Crippen molar-refractivity contribution in [1.82, 2.24) is 0 Å². The fourth-order valence-corrected chi connectivity index (χ4v) is 1.49. The topological polar surface area (TPSA) is 84.3 Å². The van der Waals surface area contributed by atoms with Crippen molar-refractivity contribution in [3.63, 3.8) is 0 Å². The van der Waals surface area contributed by atoms with Crippen molar-refractivity contribution in [2.45, 2.75) is 19.4 Å². The van der Waals surface area contributed by atoms with Gasteiger partial charge >= 0.3 is 0 Å². The molecule has 6 nitrogen and oxygen atoms in total. The molecule has 0 spiro atoms. The normalized spacial score (nSPS) is 10.4. The molecule has 0 saturated heterocycles. The molecule has 0 aliphatic carbocycles. The summed E-state index contributed by atoms with van der Waals surface area (Å²) in [5.74, 6) is 0.719. The maximum absolute atomic E-state index is 12.2. The van der Waals surface area contributed by atoms with Crippen molar-refractivity contribution in [2.75, 3.05) is 14.2 Å². The number of carbonyl (C=O) groups excluding carboxylic acids is 1. The van der Waals surface area contributed by atoms with Crippen LogP contribution in [0.4, 0.5) is 0 Å². The Morgan fingerprint density at radius 3 is 2.39 bits per heavy atom. The van der Waals surface area contributed by atoms with Crippen molar-refractivity contribution in [3.8, 4) is 11.5 Å². The molecule has 1 aromatic rings. The van der Waals surface area contributed by atoms with Gasteiger partial charge in [-0.05, 0) is 37.6 Å². The number of hydrogen-bond donors (Lipinski definition) is 0. The molecular weight excluding hydrogens is 234 g/mol. The number of hydrogen-bond acceptors (Lipinski definition) is 4. The van der Waals surface area contributed by atoms with E-state index in [-0.39, 0.29) is 5.78 Å². The molecule has 6 heteroatoms. The van der Waals surface area contributed by atoms with E-state index in [2.05, 4.69) is 10.0 Å². The lowest BCUT2D eigenvalue weighted by atomic mass is 9.94. The Kier molecular flexibility index (Phi) is 4.18. The third-order valence-corrected chi connectivity index (χ3v) is 2.50. The lowest BCUT2D eigenvalue weighted by Crippen LogP contribution is -2.28. The van der Waals surface area contributed by atoms with E-state index in [0.717, 1.165) is 0 Å². The molecule has 0 radical (unpaired) electrons. The number of carbonyl (C=O) groups is 1. The largest absolute Gasteiger partial charge is 0.493 e. The first-order valence-electron chi connectivity index (χ1n) is 5.29. The summed E-state index contributed by atoms with van der Waals surface area (Å²) >= 11 is 0. The molecule has 0 amide bonds. The van der Waals surface area contributed by atoms with E-state index in [9.17, 15) is 4.79 Å². The highest BCUT2D eigenvalue weighted by Gasteiger charge is 2.28. The molecule has 0 bridgehead atoms. The minimum absolute atomic E-state index is 0.277. The number of methoxy groups -OCH3 is 2. The maximum Gasteiger partial charge on any atom is 0.174 e. The van der Waals surface area contributed by atoms with E-state index < -0.39 is 5.54 Å². The van der Waals surface area contributed by atoms with Crippen LogP contribution in [0.3, 0.4) is 0 Å². The smallest absolute Gasteiger partial charge is 0.174 e. The Labute approximate surface area is 105 Å². The highest BCUT2D eigenvalue weighted by Crippen LogP contribution is 2.29. The van der Waals surface area contributed by atoms with Crippen molar-refractivity contribution >= 4 is 5.78 Å². The van der Waals surface area contributed by atoms with Gasteiger partial charge in [0.25, 0.3) is 0 Å². The molecule has 96 valence electrons. The van der Waals surface area contributed by atoms with Crippen LogP contribution in [0.5, 0.6) is 11.5 Å². The van der Waals surface area contributed by atoms with Gasteiger partial charge in [0, 0.05) is 10.5 Å². The molecule has 0 heterocycles. The van der Waals surface area contributed by atoms with Crippen LogP contribution in [0.15, 0.2) is 23.3 Å². The Bertz CT molecular complexity index is 505. The zero-order chi connectivity index (χ0) is 13.8. The van der Waals surface area contributed by atoms with E-state index in [0.29, 0.717) is 17.1 Å². The van der Waals surface area contributed by atoms with E-state index in [1.165, 1.54) is 14.2 Å². The lowest BCUT2D eigenvalue weighted by molar-refractivity contribution is 0.0913. The summed E-state index contributed by atoms with van der Waals surface area (Å²) in [4.78, 5) is 14.8. The van der Waals surface area contributed by atoms with Crippen LogP contribution in [-0.2, 0) is 0 Å². The van der Waals surface area contributed by atoms with Crippen molar-refractivity contribution in [1.29, 1.82) is 0 Å². The first-order valence-corrected chi connectivity index (χ1v) is 5.29. The summed E-state index contributed by atoms with van der Waals surface area (Å²) in [6, 6.07) is 4.81. The highest BCUT2D eigenvalue weighted by atomic mass is 16.5. The number of ketones is 1. The van der Waals surface area contributed by atoms with Crippen LogP contribution in [0.25, 0.3) is 10.4 Å². The summed E-state index contributed by atoms with van der Waals surface area (Å²) < 4.78 is 10.2. The average molecular weight is 249 g/mol. The van der Waals surface area contributed by atoms with Gasteiger partial charge in [0.15, 0.2) is 17.3 Å². The number of Topliss-reactive ketones (excluding diaryl/α,β-unsaturated/α-hetero) is 1. The molecule has 0 N–H and O–H groups in total. The Hall–Kier alpha value is -2.20. The molecule has 0 saturated carbocycles. The van der Waals surface area contributed by atoms with Crippen LogP contribution in [0.1, 0.15) is 24.2 Å². The van der Waals surface area contributed by atoms with Gasteiger partial charge in [-0.15, -0.1) is 0 Å². The molecule has 0 aliphatic heterocycles. The van der Waals surface area contributed by atoms with E-state index in [1.54, 1.807) is 32.0 Å². The molecular formula is C12H15N3O3. The molecule has 1 rings (SSSR count). The number of nitrogens with zero attached hydrogens (tertiary/aromatic N) is 3. The first kappa shape index (κ1) is 13.9. The minimum Gasteiger partial charge on any atom is -0.493 e. The number of ether oxygens (including phenoxy) is 2. The Morgan fingerprint density at radius 1 is 1.28 bits per heavy atom. The maximum atomic E-state index is 12.2. The fraction of sp³-hybridized carbons (Fsp3) is 0.417. The van der Waals surface area contributed by atoms with Gasteiger partial charge in [0.05, 0.1) is 14.2 Å². The number of azide groups is 1. The van der Waals surface area contributed by atoms with Crippen molar-refractivity contribution in [2.24, 2.45) is 5.11 Å². The Balaban J connectivity index is 3.19. The molecule has 1 aromatic carbocycles. The molecule has 0 atom stereocenters. The summed E-state index contributed by atoms with van der Waals surface area (Å²) in [5.41, 5.74) is 7.72. The monoisotopic (exact) mass is 249 g/mol. The highest BCUT2D eigenvalue weighted by molar-refractivity contribution is 6.03. The summed E-state index contributed by atoms with van der Waals surface area (Å²) in [6.07, 6.45) is 0. The quantitative estimate of drug-likeness (QED) is 0.348. The van der Waals surface area contributed by atoms with Crippen LogP contribution >= 0.6 is 0 Å². The zero-order valence-electron chi connectivity index (χ0n) is 10.8. The van der Waals surface area contributed by atoms with Gasteiger partial charge in [0.1, 0.15) is 5.54 Å². The molecule has 18 heavy (non-hydrogen) atoms. The van der Waals surface area contributed by atoms with Gasteiger partial charge in [-0.3, -0.25) is 4.79 Å². The molecule has 0 aliphatic rings. The number of benzene rings is 1. The van der Waals surface area contributed by atoms with Gasteiger partial charge in [-0.1, -0.05) is 5.11 Å².